The van der Waals surface area contributed by atoms with Gasteiger partial charge in [0.1, 0.15) is 11.2 Å². The molecule has 0 fully saturated rings. The van der Waals surface area contributed by atoms with Crippen molar-refractivity contribution in [3.05, 3.63) is 176 Å². The standard InChI is InChI=1S/C44H29NO/c1-2-13-30(14-3-1)35-21-8-9-24-40(35)45(41-25-11-17-31-15-4-6-20-36(31)41)34-19-10-18-33(29-34)37-23-12-26-42-43(37)39-28-27-32-16-5-7-22-38(32)44(39)46-42/h1-29H/i4D,6D,11D,15D,17D,20D,25D. The van der Waals surface area contributed by atoms with Crippen LogP contribution in [0, 0.1) is 0 Å². The molecule has 0 aliphatic heterocycles. The van der Waals surface area contributed by atoms with Gasteiger partial charge in [-0.1, -0.05) is 139 Å². The highest BCUT2D eigenvalue weighted by Gasteiger charge is 2.20. The SMILES string of the molecule is [2H]c1c([2H])c([2H])c2c(N(c3cccc(-c4cccc5oc6c7ccccc7ccc6c45)c3)c3ccccc3-c3ccccc3)c([2H])c([2H])c([2H])c2c1[2H]. The van der Waals surface area contributed by atoms with Crippen molar-refractivity contribution in [2.45, 2.75) is 0 Å². The molecule has 0 saturated heterocycles. The highest BCUT2D eigenvalue weighted by atomic mass is 16.3. The molecular formula is C44H29NO. The van der Waals surface area contributed by atoms with Gasteiger partial charge < -0.3 is 9.32 Å². The Bertz CT molecular complexity index is 2930. The molecule has 0 radical (unpaired) electrons. The molecule has 0 unspecified atom stereocenters. The molecule has 0 aliphatic carbocycles. The quantitative estimate of drug-likeness (QED) is 0.197. The van der Waals surface area contributed by atoms with Crippen molar-refractivity contribution >= 4 is 60.5 Å². The molecule has 0 saturated carbocycles. The van der Waals surface area contributed by atoms with Crippen molar-refractivity contribution in [1.29, 1.82) is 0 Å². The van der Waals surface area contributed by atoms with Gasteiger partial charge in [-0.05, 0) is 63.8 Å². The molecule has 2 nitrogen and oxygen atoms in total. The van der Waals surface area contributed by atoms with Crippen LogP contribution >= 0.6 is 0 Å². The summed E-state index contributed by atoms with van der Waals surface area (Å²) in [5, 5.41) is 3.94. The summed E-state index contributed by atoms with van der Waals surface area (Å²) >= 11 is 0. The van der Waals surface area contributed by atoms with Gasteiger partial charge >= 0.3 is 0 Å². The van der Waals surface area contributed by atoms with Crippen molar-refractivity contribution in [2.24, 2.45) is 0 Å². The minimum absolute atomic E-state index is 0.00470. The van der Waals surface area contributed by atoms with Gasteiger partial charge in [-0.15, -0.1) is 0 Å². The molecule has 2 heteroatoms. The first-order chi connectivity index (χ1) is 25.7. The first-order valence-corrected chi connectivity index (χ1v) is 15.1. The summed E-state index contributed by atoms with van der Waals surface area (Å²) in [6.07, 6.45) is 0. The fraction of sp³-hybridized carbons (Fsp3) is 0. The molecule has 1 heterocycles. The van der Waals surface area contributed by atoms with E-state index in [0.29, 0.717) is 11.4 Å². The topological polar surface area (TPSA) is 16.4 Å². The van der Waals surface area contributed by atoms with Crippen molar-refractivity contribution in [1.82, 2.24) is 0 Å². The molecule has 9 aromatic rings. The van der Waals surface area contributed by atoms with Gasteiger partial charge in [0, 0.05) is 32.8 Å². The van der Waals surface area contributed by atoms with Crippen LogP contribution in [0.2, 0.25) is 0 Å². The molecule has 0 bridgehead atoms. The molecule has 216 valence electrons. The van der Waals surface area contributed by atoms with Crippen molar-refractivity contribution in [3.8, 4) is 22.3 Å². The zero-order valence-corrected chi connectivity index (χ0v) is 24.6. The summed E-state index contributed by atoms with van der Waals surface area (Å²) in [5.74, 6) is 0. The van der Waals surface area contributed by atoms with E-state index in [-0.39, 0.29) is 28.5 Å². The number of rotatable bonds is 5. The number of fused-ring (bicyclic) bond motifs is 6. The lowest BCUT2D eigenvalue weighted by atomic mass is 9.97. The Balaban J connectivity index is 1.37. The molecule has 0 spiro atoms. The number of hydrogen-bond donors (Lipinski definition) is 0. The zero-order valence-electron chi connectivity index (χ0n) is 31.6. The van der Waals surface area contributed by atoms with Gasteiger partial charge in [0.05, 0.1) is 21.0 Å². The van der Waals surface area contributed by atoms with Crippen LogP contribution in [-0.2, 0) is 0 Å². The largest absolute Gasteiger partial charge is 0.455 e. The Morgan fingerprint density at radius 1 is 0.478 bits per heavy atom. The van der Waals surface area contributed by atoms with Gasteiger partial charge in [0.2, 0.25) is 0 Å². The van der Waals surface area contributed by atoms with E-state index in [4.69, 9.17) is 12.6 Å². The second-order valence-corrected chi connectivity index (χ2v) is 11.2. The van der Waals surface area contributed by atoms with Crippen LogP contribution in [0.4, 0.5) is 17.1 Å². The maximum absolute atomic E-state index is 9.36. The molecule has 1 aromatic heterocycles. The van der Waals surface area contributed by atoms with E-state index in [1.165, 1.54) is 0 Å². The van der Waals surface area contributed by atoms with E-state index in [0.717, 1.165) is 55.0 Å². The Morgan fingerprint density at radius 2 is 1.24 bits per heavy atom. The van der Waals surface area contributed by atoms with E-state index in [9.17, 15) is 1.37 Å². The molecule has 8 aromatic carbocycles. The summed E-state index contributed by atoms with van der Waals surface area (Å²) in [6, 6.07) is 40.6. The predicted octanol–water partition coefficient (Wildman–Crippen LogP) is 12.7. The van der Waals surface area contributed by atoms with E-state index in [2.05, 4.69) is 24.3 Å². The fourth-order valence-electron chi connectivity index (χ4n) is 6.49. The summed E-state index contributed by atoms with van der Waals surface area (Å²) in [5.41, 5.74) is 6.35. The first kappa shape index (κ1) is 20.0. The van der Waals surface area contributed by atoms with Crippen LogP contribution in [0.3, 0.4) is 0 Å². The summed E-state index contributed by atoms with van der Waals surface area (Å²) in [7, 11) is 0. The predicted molar refractivity (Wildman–Crippen MR) is 194 cm³/mol. The highest BCUT2D eigenvalue weighted by Crippen LogP contribution is 2.45. The van der Waals surface area contributed by atoms with Crippen LogP contribution < -0.4 is 4.90 Å². The number of anilines is 3. The van der Waals surface area contributed by atoms with Crippen LogP contribution in [0.1, 0.15) is 9.60 Å². The number of hydrogen-bond acceptors (Lipinski definition) is 2. The van der Waals surface area contributed by atoms with Gasteiger partial charge in [-0.2, -0.15) is 0 Å². The third kappa shape index (κ3) is 4.27. The van der Waals surface area contributed by atoms with Crippen molar-refractivity contribution in [2.75, 3.05) is 4.90 Å². The van der Waals surface area contributed by atoms with E-state index >= 15 is 0 Å². The maximum atomic E-state index is 9.36. The van der Waals surface area contributed by atoms with Gasteiger partial charge in [-0.25, -0.2) is 0 Å². The van der Waals surface area contributed by atoms with Gasteiger partial charge in [-0.3, -0.25) is 0 Å². The number of furan rings is 1. The van der Waals surface area contributed by atoms with Crippen molar-refractivity contribution < 1.29 is 14.0 Å². The lowest BCUT2D eigenvalue weighted by molar-refractivity contribution is 0.673. The first-order valence-electron chi connectivity index (χ1n) is 18.6. The third-order valence-electron chi connectivity index (χ3n) is 8.55. The zero-order chi connectivity index (χ0) is 36.5. The van der Waals surface area contributed by atoms with Gasteiger partial charge in [0.15, 0.2) is 0 Å². The smallest absolute Gasteiger partial charge is 0.143 e. The molecule has 9 rings (SSSR count). The van der Waals surface area contributed by atoms with E-state index in [1.54, 1.807) is 4.90 Å². The Morgan fingerprint density at radius 3 is 2.20 bits per heavy atom. The van der Waals surface area contributed by atoms with Crippen LogP contribution in [-0.4, -0.2) is 0 Å². The third-order valence-corrected chi connectivity index (χ3v) is 8.55. The number of benzene rings is 8. The summed E-state index contributed by atoms with van der Waals surface area (Å²) in [6.45, 7) is 0. The molecule has 46 heavy (non-hydrogen) atoms. The Kier molecular flexibility index (Phi) is 4.70. The lowest BCUT2D eigenvalue weighted by Gasteiger charge is -2.29. The minimum atomic E-state index is -0.495. The molecule has 0 aliphatic rings. The number of para-hydroxylation sites is 1. The fourth-order valence-corrected chi connectivity index (χ4v) is 6.49. The minimum Gasteiger partial charge on any atom is -0.455 e. The van der Waals surface area contributed by atoms with Crippen LogP contribution in [0.5, 0.6) is 0 Å². The van der Waals surface area contributed by atoms with E-state index in [1.807, 2.05) is 109 Å². The second kappa shape index (κ2) is 10.8. The van der Waals surface area contributed by atoms with Crippen molar-refractivity contribution in [3.63, 3.8) is 0 Å². The van der Waals surface area contributed by atoms with Crippen LogP contribution in [0.15, 0.2) is 180 Å². The van der Waals surface area contributed by atoms with Crippen LogP contribution in [0.25, 0.3) is 65.7 Å². The average Bonchev–Trinajstić information content (AvgIpc) is 3.59. The summed E-state index contributed by atoms with van der Waals surface area (Å²) in [4.78, 5) is 1.80. The molecule has 0 amide bonds. The normalized spacial score (nSPS) is 13.6. The number of nitrogens with zero attached hydrogens (tertiary/aromatic N) is 1. The van der Waals surface area contributed by atoms with E-state index < -0.39 is 30.2 Å². The monoisotopic (exact) mass is 594 g/mol. The summed E-state index contributed by atoms with van der Waals surface area (Å²) < 4.78 is 68.5. The molecule has 0 atom stereocenters. The average molecular weight is 595 g/mol. The highest BCUT2D eigenvalue weighted by molar-refractivity contribution is 6.19. The maximum Gasteiger partial charge on any atom is 0.143 e. The lowest BCUT2D eigenvalue weighted by Crippen LogP contribution is -2.11. The molecular weight excluding hydrogens is 558 g/mol. The Labute approximate surface area is 277 Å². The molecule has 0 N–H and O–H groups in total. The Hall–Kier alpha value is -6.12. The second-order valence-electron chi connectivity index (χ2n) is 11.2. The van der Waals surface area contributed by atoms with Gasteiger partial charge in [0.25, 0.3) is 0 Å².